The predicted octanol–water partition coefficient (Wildman–Crippen LogP) is 9.72. The van der Waals surface area contributed by atoms with Crippen LogP contribution in [-0.4, -0.2) is 28.3 Å². The van der Waals surface area contributed by atoms with Gasteiger partial charge in [0.2, 0.25) is 0 Å². The molecule has 6 heteroatoms. The SMILES string of the molecule is C=C1C(C)C2CCC(C[S-])=C(C)N12.C=C[N-]c1cc(CC2CC2C)cc(C)c1C1C=C(C)CCC1.CC.O=CO.[Y]. The summed E-state index contributed by atoms with van der Waals surface area (Å²) in [6, 6.07) is 5.44. The second-order valence-corrected chi connectivity index (χ2v) is 11.8. The number of fused-ring (bicyclic) bond motifs is 1. The molecule has 4 aliphatic rings. The fourth-order valence-electron chi connectivity index (χ4n) is 6.47. The maximum atomic E-state index is 8.36. The summed E-state index contributed by atoms with van der Waals surface area (Å²) in [5.41, 5.74) is 11.1. The number of aryl methyl sites for hydroxylation is 1. The Balaban J connectivity index is 0.000000377. The maximum absolute atomic E-state index is 8.36. The summed E-state index contributed by atoms with van der Waals surface area (Å²) >= 11 is 5.12. The molecule has 2 heterocycles. The van der Waals surface area contributed by atoms with E-state index in [9.17, 15) is 0 Å². The van der Waals surface area contributed by atoms with E-state index in [4.69, 9.17) is 22.5 Å². The van der Waals surface area contributed by atoms with E-state index < -0.39 is 0 Å². The first-order valence-electron chi connectivity index (χ1n) is 15.1. The van der Waals surface area contributed by atoms with Gasteiger partial charge in [0.05, 0.1) is 0 Å². The molecule has 41 heavy (non-hydrogen) atoms. The molecule has 1 aromatic rings. The molecule has 2 aliphatic heterocycles. The quantitative estimate of drug-likeness (QED) is 0.189. The molecular formula is C35H52N2O2SY-2. The first kappa shape index (κ1) is 37.7. The standard InChI is InChI=1S/C21H28N.C11H17NS.C2H6.CH2O2.Y/c1-5-22-20-13-17(12-19-11-15(19)3)10-16(4)21(20)18-8-6-7-14(2)9-18;1-7-8(2)12-9(3)10(6-13)4-5-11(7)12;1-2;2-1-3;/h5,9-10,13,15,18-19H,1,6-8,11-12H2,2-4H3;7,11,13H,2,4-6H2,1,3H3;1-2H3;1H,(H,2,3);/q-1;;;;/p-1. The van der Waals surface area contributed by atoms with Crippen LogP contribution in [0.3, 0.4) is 0 Å². The maximum Gasteiger partial charge on any atom is 0.290 e. The zero-order chi connectivity index (χ0) is 30.0. The second kappa shape index (κ2) is 18.4. The Bertz CT molecular complexity index is 1100. The summed E-state index contributed by atoms with van der Waals surface area (Å²) < 4.78 is 0. The van der Waals surface area contributed by atoms with Crippen LogP contribution in [0.1, 0.15) is 103 Å². The van der Waals surface area contributed by atoms with E-state index in [-0.39, 0.29) is 39.2 Å². The van der Waals surface area contributed by atoms with Crippen LogP contribution in [0.2, 0.25) is 0 Å². The number of carbonyl (C=O) groups is 1. The molecule has 1 saturated carbocycles. The molecule has 0 spiro atoms. The molecule has 1 aromatic carbocycles. The summed E-state index contributed by atoms with van der Waals surface area (Å²) in [5, 5.41) is 11.5. The molecule has 0 aromatic heterocycles. The molecule has 2 aliphatic carbocycles. The Hall–Kier alpha value is -1.30. The van der Waals surface area contributed by atoms with Gasteiger partial charge in [0, 0.05) is 62.0 Å². The summed E-state index contributed by atoms with van der Waals surface area (Å²) in [4.78, 5) is 10.7. The Morgan fingerprint density at radius 3 is 2.32 bits per heavy atom. The average Bonchev–Trinajstić information content (AvgIpc) is 3.63. The zero-order valence-electron chi connectivity index (χ0n) is 26.6. The minimum atomic E-state index is -0.250. The van der Waals surface area contributed by atoms with Gasteiger partial charge in [-0.2, -0.15) is 12.0 Å². The van der Waals surface area contributed by atoms with Gasteiger partial charge in [-0.25, -0.2) is 0 Å². The number of allylic oxidation sites excluding steroid dienone is 3. The summed E-state index contributed by atoms with van der Waals surface area (Å²) in [5.74, 6) is 3.79. The number of carboxylic acid groups (broad SMARTS) is 1. The summed E-state index contributed by atoms with van der Waals surface area (Å²) in [7, 11) is 0. The third-order valence-corrected chi connectivity index (χ3v) is 9.25. The molecule has 1 saturated heterocycles. The Labute approximate surface area is 281 Å². The molecule has 5 rings (SSSR count). The van der Waals surface area contributed by atoms with Gasteiger partial charge in [-0.05, 0) is 88.7 Å². The largest absolute Gasteiger partial charge is 0.788 e. The second-order valence-electron chi connectivity index (χ2n) is 11.5. The molecule has 5 atom stereocenters. The Kier molecular flexibility index (Phi) is 16.9. The fraction of sp³-hybridized carbons (Fsp3) is 0.571. The Morgan fingerprint density at radius 1 is 1.15 bits per heavy atom. The summed E-state index contributed by atoms with van der Waals surface area (Å²) in [6.07, 6.45) is 13.0. The van der Waals surface area contributed by atoms with Crippen LogP contribution in [0.5, 0.6) is 0 Å². The van der Waals surface area contributed by atoms with Crippen LogP contribution in [-0.2, 0) is 56.6 Å². The number of rotatable bonds is 6. The van der Waals surface area contributed by atoms with E-state index >= 15 is 0 Å². The Morgan fingerprint density at radius 2 is 1.78 bits per heavy atom. The molecule has 1 N–H and O–H groups in total. The number of hydrogen-bond donors (Lipinski definition) is 1. The molecule has 2 fully saturated rings. The molecule has 225 valence electrons. The van der Waals surface area contributed by atoms with Gasteiger partial charge in [0.15, 0.2) is 0 Å². The molecule has 0 bridgehead atoms. The van der Waals surface area contributed by atoms with Crippen molar-refractivity contribution in [3.05, 3.63) is 82.1 Å². The van der Waals surface area contributed by atoms with Crippen molar-refractivity contribution in [3.63, 3.8) is 0 Å². The summed E-state index contributed by atoms with van der Waals surface area (Å²) in [6.45, 7) is 23.0. The van der Waals surface area contributed by atoms with E-state index in [1.54, 1.807) is 6.20 Å². The molecule has 0 amide bonds. The topological polar surface area (TPSA) is 54.6 Å². The molecule has 5 unspecified atom stereocenters. The van der Waals surface area contributed by atoms with Crippen molar-refractivity contribution in [1.29, 1.82) is 0 Å². The average molecular weight is 654 g/mol. The smallest absolute Gasteiger partial charge is 0.290 e. The van der Waals surface area contributed by atoms with Crippen molar-refractivity contribution < 1.29 is 42.6 Å². The van der Waals surface area contributed by atoms with E-state index in [2.05, 4.69) is 76.2 Å². The van der Waals surface area contributed by atoms with E-state index in [0.717, 1.165) is 29.3 Å². The van der Waals surface area contributed by atoms with Crippen molar-refractivity contribution in [2.45, 2.75) is 105 Å². The van der Waals surface area contributed by atoms with Gasteiger partial charge in [0.25, 0.3) is 6.47 Å². The zero-order valence-corrected chi connectivity index (χ0v) is 30.2. The number of nitrogens with zero attached hydrogens (tertiary/aromatic N) is 2. The van der Waals surface area contributed by atoms with Crippen molar-refractivity contribution in [2.24, 2.45) is 17.8 Å². The van der Waals surface area contributed by atoms with Crippen LogP contribution in [0.15, 0.2) is 60.1 Å². The van der Waals surface area contributed by atoms with Crippen LogP contribution >= 0.6 is 0 Å². The van der Waals surface area contributed by atoms with E-state index in [1.165, 1.54) is 84.2 Å². The predicted molar refractivity (Wildman–Crippen MR) is 174 cm³/mol. The van der Waals surface area contributed by atoms with Crippen molar-refractivity contribution in [3.8, 4) is 0 Å². The van der Waals surface area contributed by atoms with Gasteiger partial charge >= 0.3 is 0 Å². The molecule has 4 nitrogen and oxygen atoms in total. The number of hydrogen-bond acceptors (Lipinski definition) is 3. The van der Waals surface area contributed by atoms with Gasteiger partial charge < -0.3 is 28.0 Å². The van der Waals surface area contributed by atoms with Crippen molar-refractivity contribution in [2.75, 3.05) is 5.75 Å². The van der Waals surface area contributed by atoms with Crippen molar-refractivity contribution >= 4 is 24.8 Å². The molecular weight excluding hydrogens is 601 g/mol. The normalized spacial score (nSPS) is 25.6. The molecule has 1 radical (unpaired) electrons. The van der Waals surface area contributed by atoms with Gasteiger partial charge in [-0.3, -0.25) is 4.79 Å². The first-order chi connectivity index (χ1) is 19.2. The third-order valence-electron chi connectivity index (χ3n) is 8.90. The minimum absolute atomic E-state index is 0. The monoisotopic (exact) mass is 653 g/mol. The van der Waals surface area contributed by atoms with Crippen molar-refractivity contribution in [1.82, 2.24) is 4.90 Å². The number of benzene rings is 1. The van der Waals surface area contributed by atoms with Gasteiger partial charge in [-0.1, -0.05) is 69.2 Å². The van der Waals surface area contributed by atoms with Gasteiger partial charge in [-0.15, -0.1) is 12.3 Å². The van der Waals surface area contributed by atoms with Crippen LogP contribution in [0.4, 0.5) is 5.69 Å². The van der Waals surface area contributed by atoms with Crippen LogP contribution in [0, 0.1) is 24.7 Å². The van der Waals surface area contributed by atoms with Gasteiger partial charge in [0.1, 0.15) is 0 Å². The fourth-order valence-corrected chi connectivity index (χ4v) is 6.83. The van der Waals surface area contributed by atoms with E-state index in [0.29, 0.717) is 11.8 Å². The van der Waals surface area contributed by atoms with E-state index in [1.807, 2.05) is 13.8 Å². The van der Waals surface area contributed by atoms with Crippen LogP contribution in [0.25, 0.3) is 5.32 Å². The third kappa shape index (κ3) is 9.86. The van der Waals surface area contributed by atoms with Crippen LogP contribution < -0.4 is 0 Å². The first-order valence-corrected chi connectivity index (χ1v) is 15.7. The minimum Gasteiger partial charge on any atom is -0.788 e.